The van der Waals surface area contributed by atoms with Gasteiger partial charge in [-0.3, -0.25) is 20.2 Å². The third kappa shape index (κ3) is 5.43. The number of carbonyl (C=O) groups excluding carboxylic acids is 1. The summed E-state index contributed by atoms with van der Waals surface area (Å²) in [7, 11) is 0. The molecule has 1 heterocycles. The van der Waals surface area contributed by atoms with Gasteiger partial charge in [0.2, 0.25) is 5.96 Å². The topological polar surface area (TPSA) is 82.2 Å². The molecule has 1 aliphatic rings. The molecule has 1 amide bonds. The van der Waals surface area contributed by atoms with Crippen LogP contribution in [0.2, 0.25) is 5.02 Å². The van der Waals surface area contributed by atoms with Gasteiger partial charge in [-0.05, 0) is 49.1 Å². The van der Waals surface area contributed by atoms with Crippen LogP contribution < -0.4 is 10.6 Å². The fourth-order valence-corrected chi connectivity index (χ4v) is 2.93. The lowest BCUT2D eigenvalue weighted by Gasteiger charge is -2.10. The molecule has 31 heavy (non-hydrogen) atoms. The van der Waals surface area contributed by atoms with Crippen LogP contribution in [0.15, 0.2) is 47.5 Å². The smallest absolute Gasteiger partial charge is 0.258 e. The normalized spacial score (nSPS) is 13.9. The highest BCUT2D eigenvalue weighted by Gasteiger charge is 2.21. The van der Waals surface area contributed by atoms with Gasteiger partial charge in [-0.25, -0.2) is 13.2 Å². The second kappa shape index (κ2) is 8.81. The first-order valence-electron chi connectivity index (χ1n) is 9.47. The fraction of sp³-hybridized carbons (Fsp3) is 0.190. The highest BCUT2D eigenvalue weighted by molar-refractivity contribution is 6.30. The molecule has 3 aromatic rings. The van der Waals surface area contributed by atoms with E-state index in [4.69, 9.17) is 11.6 Å². The van der Waals surface area contributed by atoms with E-state index < -0.39 is 23.4 Å². The summed E-state index contributed by atoms with van der Waals surface area (Å²) in [4.78, 5) is 16.9. The monoisotopic (exact) mass is 447 g/mol. The molecule has 0 unspecified atom stereocenters. The van der Waals surface area contributed by atoms with E-state index >= 15 is 0 Å². The molecule has 2 aromatic carbocycles. The van der Waals surface area contributed by atoms with Crippen LogP contribution in [-0.4, -0.2) is 28.6 Å². The molecule has 1 aliphatic carbocycles. The van der Waals surface area contributed by atoms with Crippen LogP contribution >= 0.6 is 11.6 Å². The van der Waals surface area contributed by atoms with Crippen molar-refractivity contribution in [3.05, 3.63) is 70.5 Å². The van der Waals surface area contributed by atoms with E-state index in [1.165, 1.54) is 30.3 Å². The first-order valence-corrected chi connectivity index (χ1v) is 9.85. The standard InChI is InChI=1S/C21H17ClF3N5O/c22-16-4-3-12(7-17(16)25)20(31)28-21(26-10-11-1-2-11)27-19-9-18(29-30-19)13-5-14(23)8-15(24)6-13/h3-9,11H,1-2,10H2,(H3,26,27,28,29,30,31). The third-order valence-corrected chi connectivity index (χ3v) is 4.92. The molecule has 10 heteroatoms. The molecule has 1 aromatic heterocycles. The summed E-state index contributed by atoms with van der Waals surface area (Å²) < 4.78 is 40.6. The van der Waals surface area contributed by atoms with E-state index in [0.29, 0.717) is 18.2 Å². The number of anilines is 1. The first-order chi connectivity index (χ1) is 14.9. The number of amides is 1. The molecule has 0 spiro atoms. The second-order valence-corrected chi connectivity index (χ2v) is 7.57. The summed E-state index contributed by atoms with van der Waals surface area (Å²) in [6.07, 6.45) is 2.12. The van der Waals surface area contributed by atoms with E-state index in [-0.39, 0.29) is 27.9 Å². The molecular formula is C21H17ClF3N5O. The predicted octanol–water partition coefficient (Wildman–Crippen LogP) is 4.76. The number of hydrogen-bond acceptors (Lipinski definition) is 3. The molecule has 0 saturated heterocycles. The van der Waals surface area contributed by atoms with Crippen molar-refractivity contribution in [3.63, 3.8) is 0 Å². The number of benzene rings is 2. The number of rotatable bonds is 5. The Morgan fingerprint density at radius 1 is 1.13 bits per heavy atom. The summed E-state index contributed by atoms with van der Waals surface area (Å²) in [5, 5.41) is 12.1. The zero-order valence-electron chi connectivity index (χ0n) is 16.1. The highest BCUT2D eigenvalue weighted by Crippen LogP contribution is 2.29. The van der Waals surface area contributed by atoms with Gasteiger partial charge in [-0.2, -0.15) is 5.10 Å². The molecule has 4 rings (SSSR count). The van der Waals surface area contributed by atoms with Gasteiger partial charge in [0.05, 0.1) is 10.7 Å². The van der Waals surface area contributed by atoms with Gasteiger partial charge < -0.3 is 5.32 Å². The minimum Gasteiger partial charge on any atom is -0.309 e. The van der Waals surface area contributed by atoms with E-state index in [1.54, 1.807) is 0 Å². The summed E-state index contributed by atoms with van der Waals surface area (Å²) >= 11 is 5.66. The van der Waals surface area contributed by atoms with Gasteiger partial charge in [-0.1, -0.05) is 11.6 Å². The molecule has 1 saturated carbocycles. The van der Waals surface area contributed by atoms with E-state index in [1.807, 2.05) is 0 Å². The summed E-state index contributed by atoms with van der Waals surface area (Å²) in [6.45, 7) is 0.504. The SMILES string of the molecule is O=C(NC(=NCC1CC1)Nc1cc(-c2cc(F)cc(F)c2)[nH]n1)c1ccc(Cl)c(F)c1. The number of aromatic amines is 1. The molecule has 1 fully saturated rings. The number of aliphatic imine (C=N–C) groups is 1. The molecule has 6 nitrogen and oxygen atoms in total. The number of nitrogens with zero attached hydrogens (tertiary/aromatic N) is 2. The number of halogens is 4. The Kier molecular flexibility index (Phi) is 5.94. The molecule has 0 bridgehead atoms. The quantitative estimate of drug-likeness (QED) is 0.390. The van der Waals surface area contributed by atoms with Crippen molar-refractivity contribution in [1.29, 1.82) is 0 Å². The number of aromatic nitrogens is 2. The van der Waals surface area contributed by atoms with Crippen LogP contribution in [0.4, 0.5) is 19.0 Å². The van der Waals surface area contributed by atoms with Crippen molar-refractivity contribution in [2.75, 3.05) is 11.9 Å². The maximum absolute atomic E-state index is 13.7. The van der Waals surface area contributed by atoms with E-state index in [0.717, 1.165) is 25.0 Å². The Labute approximate surface area is 180 Å². The number of hydrogen-bond donors (Lipinski definition) is 3. The predicted molar refractivity (Wildman–Crippen MR) is 111 cm³/mol. The average molecular weight is 448 g/mol. The molecule has 0 aliphatic heterocycles. The van der Waals surface area contributed by atoms with Crippen LogP contribution in [-0.2, 0) is 0 Å². The molecule has 0 radical (unpaired) electrons. The zero-order chi connectivity index (χ0) is 22.0. The van der Waals surface area contributed by atoms with Gasteiger partial charge in [0, 0.05) is 29.8 Å². The van der Waals surface area contributed by atoms with Crippen molar-refractivity contribution in [2.24, 2.45) is 10.9 Å². The Morgan fingerprint density at radius 3 is 2.55 bits per heavy atom. The minimum atomic E-state index is -0.715. The molecule has 3 N–H and O–H groups in total. The van der Waals surface area contributed by atoms with Crippen LogP contribution in [0, 0.1) is 23.4 Å². The van der Waals surface area contributed by atoms with Gasteiger partial charge in [0.15, 0.2) is 5.82 Å². The lowest BCUT2D eigenvalue weighted by atomic mass is 10.1. The Balaban J connectivity index is 1.52. The van der Waals surface area contributed by atoms with Crippen molar-refractivity contribution < 1.29 is 18.0 Å². The minimum absolute atomic E-state index is 0.0702. The van der Waals surface area contributed by atoms with Crippen LogP contribution in [0.25, 0.3) is 11.3 Å². The summed E-state index contributed by atoms with van der Waals surface area (Å²) in [6, 6.07) is 8.34. The van der Waals surface area contributed by atoms with Gasteiger partial charge >= 0.3 is 0 Å². The zero-order valence-corrected chi connectivity index (χ0v) is 16.8. The fourth-order valence-electron chi connectivity index (χ4n) is 2.81. The van der Waals surface area contributed by atoms with Crippen LogP contribution in [0.3, 0.4) is 0 Å². The Hall–Kier alpha value is -3.33. The lowest BCUT2D eigenvalue weighted by molar-refractivity contribution is 0.0976. The van der Waals surface area contributed by atoms with E-state index in [2.05, 4.69) is 25.8 Å². The summed E-state index contributed by atoms with van der Waals surface area (Å²) in [5.74, 6) is -1.88. The number of carbonyl (C=O) groups is 1. The van der Waals surface area contributed by atoms with Gasteiger partial charge in [0.1, 0.15) is 17.5 Å². The molecular weight excluding hydrogens is 431 g/mol. The van der Waals surface area contributed by atoms with Crippen LogP contribution in [0.1, 0.15) is 23.2 Å². The highest BCUT2D eigenvalue weighted by atomic mass is 35.5. The maximum Gasteiger partial charge on any atom is 0.258 e. The van der Waals surface area contributed by atoms with Crippen molar-refractivity contribution in [2.45, 2.75) is 12.8 Å². The maximum atomic E-state index is 13.7. The van der Waals surface area contributed by atoms with Crippen molar-refractivity contribution >= 4 is 29.3 Å². The third-order valence-electron chi connectivity index (χ3n) is 4.62. The second-order valence-electron chi connectivity index (χ2n) is 7.17. The van der Waals surface area contributed by atoms with Crippen molar-refractivity contribution in [3.8, 4) is 11.3 Å². The Morgan fingerprint density at radius 2 is 1.87 bits per heavy atom. The molecule has 0 atom stereocenters. The van der Waals surface area contributed by atoms with E-state index in [9.17, 15) is 18.0 Å². The largest absolute Gasteiger partial charge is 0.309 e. The number of H-pyrrole nitrogens is 1. The number of guanidine groups is 1. The average Bonchev–Trinajstić information content (AvgIpc) is 3.44. The number of nitrogens with one attached hydrogen (secondary N) is 3. The van der Waals surface area contributed by atoms with Crippen LogP contribution in [0.5, 0.6) is 0 Å². The summed E-state index contributed by atoms with van der Waals surface area (Å²) in [5.41, 5.74) is 0.713. The van der Waals surface area contributed by atoms with Crippen molar-refractivity contribution in [1.82, 2.24) is 15.5 Å². The molecule has 160 valence electrons. The Bertz CT molecular complexity index is 1140. The van der Waals surface area contributed by atoms with Gasteiger partial charge in [0.25, 0.3) is 5.91 Å². The first kappa shape index (κ1) is 20.9. The van der Waals surface area contributed by atoms with Gasteiger partial charge in [-0.15, -0.1) is 0 Å². The lowest BCUT2D eigenvalue weighted by Crippen LogP contribution is -2.36.